The molecule has 1 amide bonds. The third kappa shape index (κ3) is 4.05. The van der Waals surface area contributed by atoms with Gasteiger partial charge in [-0.2, -0.15) is 0 Å². The number of aromatic nitrogens is 3. The number of imidazole rings is 1. The second-order valence-corrected chi connectivity index (χ2v) is 8.06. The van der Waals surface area contributed by atoms with Gasteiger partial charge in [-0.25, -0.2) is 4.98 Å². The monoisotopic (exact) mass is 395 g/mol. The van der Waals surface area contributed by atoms with Crippen LogP contribution in [0.25, 0.3) is 5.65 Å². The average molecular weight is 396 g/mol. The Labute approximate surface area is 171 Å². The molecule has 0 radical (unpaired) electrons. The number of carbonyl (C=O) groups is 1. The number of nitrogens with zero attached hydrogens (tertiary/aromatic N) is 5. The van der Waals surface area contributed by atoms with E-state index in [-0.39, 0.29) is 11.9 Å². The maximum absolute atomic E-state index is 13.4. The molecule has 7 nitrogen and oxygen atoms in total. The molecule has 4 rings (SSSR count). The highest BCUT2D eigenvalue weighted by Crippen LogP contribution is 2.23. The van der Waals surface area contributed by atoms with Crippen LogP contribution < -0.4 is 0 Å². The van der Waals surface area contributed by atoms with E-state index in [2.05, 4.69) is 23.0 Å². The molecule has 1 aliphatic rings. The SMILES string of the molecule is Cc1ccn2c(CN(C)C(C)c3ccon3)c(C(=O)N3CCCCCC3)nc2c1. The summed E-state index contributed by atoms with van der Waals surface area (Å²) < 4.78 is 7.05. The Morgan fingerprint density at radius 1 is 1.24 bits per heavy atom. The van der Waals surface area contributed by atoms with Crippen LogP contribution in [0.4, 0.5) is 0 Å². The molecule has 1 unspecified atom stereocenters. The van der Waals surface area contributed by atoms with Gasteiger partial charge in [0.05, 0.1) is 11.7 Å². The molecular weight excluding hydrogens is 366 g/mol. The highest BCUT2D eigenvalue weighted by atomic mass is 16.5. The summed E-state index contributed by atoms with van der Waals surface area (Å²) in [5.41, 5.74) is 4.31. The van der Waals surface area contributed by atoms with Crippen LogP contribution in [0.3, 0.4) is 0 Å². The van der Waals surface area contributed by atoms with Crippen molar-refractivity contribution in [2.24, 2.45) is 0 Å². The Morgan fingerprint density at radius 2 is 2.00 bits per heavy atom. The molecule has 7 heteroatoms. The van der Waals surface area contributed by atoms with Gasteiger partial charge in [0.15, 0.2) is 5.69 Å². The van der Waals surface area contributed by atoms with Crippen molar-refractivity contribution in [3.05, 3.63) is 53.3 Å². The molecule has 0 spiro atoms. The minimum absolute atomic E-state index is 0.0470. The first-order chi connectivity index (χ1) is 14.0. The minimum Gasteiger partial charge on any atom is -0.364 e. The molecule has 1 saturated heterocycles. The number of hydrogen-bond donors (Lipinski definition) is 0. The largest absolute Gasteiger partial charge is 0.364 e. The maximum Gasteiger partial charge on any atom is 0.274 e. The fourth-order valence-corrected chi connectivity index (χ4v) is 3.98. The van der Waals surface area contributed by atoms with Gasteiger partial charge in [0.2, 0.25) is 0 Å². The van der Waals surface area contributed by atoms with E-state index in [4.69, 9.17) is 9.51 Å². The Kier molecular flexibility index (Phi) is 5.67. The smallest absolute Gasteiger partial charge is 0.274 e. The standard InChI is InChI=1S/C22H29N5O2/c1-16-8-12-27-19(15-25(3)17(2)18-9-13-29-24-18)21(23-20(27)14-16)22(28)26-10-6-4-5-7-11-26/h8-9,12-14,17H,4-7,10-11,15H2,1-3H3. The number of amides is 1. The molecule has 0 aromatic carbocycles. The van der Waals surface area contributed by atoms with Crippen LogP contribution >= 0.6 is 0 Å². The highest BCUT2D eigenvalue weighted by Gasteiger charge is 2.26. The number of pyridine rings is 1. The van der Waals surface area contributed by atoms with Crippen molar-refractivity contribution in [1.82, 2.24) is 24.3 Å². The minimum atomic E-state index is 0.0470. The van der Waals surface area contributed by atoms with Gasteiger partial charge in [0.1, 0.15) is 17.6 Å². The van der Waals surface area contributed by atoms with Crippen LogP contribution in [0.15, 0.2) is 35.2 Å². The Bertz CT molecular complexity index is 971. The lowest BCUT2D eigenvalue weighted by Crippen LogP contribution is -2.33. The van der Waals surface area contributed by atoms with Gasteiger partial charge in [0.25, 0.3) is 5.91 Å². The number of aryl methyl sites for hydroxylation is 1. The molecule has 3 aromatic heterocycles. The average Bonchev–Trinajstić information content (AvgIpc) is 3.27. The molecule has 4 heterocycles. The van der Waals surface area contributed by atoms with Gasteiger partial charge in [-0.15, -0.1) is 0 Å². The van der Waals surface area contributed by atoms with Crippen molar-refractivity contribution in [3.8, 4) is 0 Å². The molecule has 0 aliphatic carbocycles. The van der Waals surface area contributed by atoms with E-state index >= 15 is 0 Å². The number of likely N-dealkylation sites (tertiary alicyclic amines) is 1. The summed E-state index contributed by atoms with van der Waals surface area (Å²) >= 11 is 0. The molecule has 0 N–H and O–H groups in total. The summed E-state index contributed by atoms with van der Waals surface area (Å²) in [6.45, 7) is 6.35. The zero-order valence-corrected chi connectivity index (χ0v) is 17.5. The first-order valence-electron chi connectivity index (χ1n) is 10.4. The quantitative estimate of drug-likeness (QED) is 0.657. The van der Waals surface area contributed by atoms with Gasteiger partial charge in [-0.1, -0.05) is 18.0 Å². The summed E-state index contributed by atoms with van der Waals surface area (Å²) in [6, 6.07) is 6.02. The zero-order chi connectivity index (χ0) is 20.4. The van der Waals surface area contributed by atoms with Gasteiger partial charge in [-0.05, 0) is 51.4 Å². The van der Waals surface area contributed by atoms with Crippen LogP contribution in [0.5, 0.6) is 0 Å². The summed E-state index contributed by atoms with van der Waals surface area (Å²) in [6.07, 6.45) is 8.12. The molecule has 1 fully saturated rings. The summed E-state index contributed by atoms with van der Waals surface area (Å²) in [5.74, 6) is 0.0470. The second-order valence-electron chi connectivity index (χ2n) is 8.06. The van der Waals surface area contributed by atoms with Crippen LogP contribution in [0, 0.1) is 6.92 Å². The van der Waals surface area contributed by atoms with Gasteiger partial charge < -0.3 is 13.8 Å². The molecule has 29 heavy (non-hydrogen) atoms. The van der Waals surface area contributed by atoms with E-state index in [1.54, 1.807) is 6.26 Å². The number of hydrogen-bond acceptors (Lipinski definition) is 5. The van der Waals surface area contributed by atoms with E-state index in [1.165, 1.54) is 12.8 Å². The van der Waals surface area contributed by atoms with Crippen molar-refractivity contribution in [2.75, 3.05) is 20.1 Å². The highest BCUT2D eigenvalue weighted by molar-refractivity contribution is 5.94. The van der Waals surface area contributed by atoms with Gasteiger partial charge >= 0.3 is 0 Å². The lowest BCUT2D eigenvalue weighted by molar-refractivity contribution is 0.0753. The molecule has 154 valence electrons. The van der Waals surface area contributed by atoms with E-state index in [1.807, 2.05) is 41.6 Å². The van der Waals surface area contributed by atoms with Crippen molar-refractivity contribution in [1.29, 1.82) is 0 Å². The summed E-state index contributed by atoms with van der Waals surface area (Å²) in [7, 11) is 2.03. The predicted octanol–water partition coefficient (Wildman–Crippen LogP) is 3.84. The number of fused-ring (bicyclic) bond motifs is 1. The molecule has 1 atom stereocenters. The molecule has 3 aromatic rings. The van der Waals surface area contributed by atoms with Crippen molar-refractivity contribution in [2.45, 2.75) is 52.1 Å². The Balaban J connectivity index is 1.69. The predicted molar refractivity (Wildman–Crippen MR) is 111 cm³/mol. The molecular formula is C22H29N5O2. The maximum atomic E-state index is 13.4. The fourth-order valence-electron chi connectivity index (χ4n) is 3.98. The summed E-state index contributed by atoms with van der Waals surface area (Å²) in [4.78, 5) is 22.3. The van der Waals surface area contributed by atoms with E-state index in [0.29, 0.717) is 12.2 Å². The Morgan fingerprint density at radius 3 is 2.69 bits per heavy atom. The number of rotatable bonds is 5. The molecule has 1 aliphatic heterocycles. The zero-order valence-electron chi connectivity index (χ0n) is 17.5. The lowest BCUT2D eigenvalue weighted by Gasteiger charge is -2.24. The van der Waals surface area contributed by atoms with E-state index < -0.39 is 0 Å². The van der Waals surface area contributed by atoms with Crippen LogP contribution in [0.2, 0.25) is 0 Å². The van der Waals surface area contributed by atoms with Gasteiger partial charge in [0, 0.05) is 31.9 Å². The van der Waals surface area contributed by atoms with E-state index in [0.717, 1.165) is 48.5 Å². The first-order valence-corrected chi connectivity index (χ1v) is 10.4. The van der Waals surface area contributed by atoms with Crippen LogP contribution in [0.1, 0.15) is 66.1 Å². The van der Waals surface area contributed by atoms with E-state index in [9.17, 15) is 4.79 Å². The normalized spacial score (nSPS) is 16.3. The fraction of sp³-hybridized carbons (Fsp3) is 0.500. The molecule has 0 saturated carbocycles. The van der Waals surface area contributed by atoms with Gasteiger partial charge in [-0.3, -0.25) is 9.69 Å². The third-order valence-corrected chi connectivity index (χ3v) is 5.92. The van der Waals surface area contributed by atoms with Crippen LogP contribution in [-0.4, -0.2) is 50.4 Å². The second kappa shape index (κ2) is 8.37. The first kappa shape index (κ1) is 19.6. The van der Waals surface area contributed by atoms with Crippen molar-refractivity contribution < 1.29 is 9.32 Å². The van der Waals surface area contributed by atoms with Crippen molar-refractivity contribution in [3.63, 3.8) is 0 Å². The van der Waals surface area contributed by atoms with Crippen LogP contribution in [-0.2, 0) is 6.54 Å². The topological polar surface area (TPSA) is 66.9 Å². The third-order valence-electron chi connectivity index (χ3n) is 5.92. The summed E-state index contributed by atoms with van der Waals surface area (Å²) in [5, 5.41) is 4.07. The van der Waals surface area contributed by atoms with Crippen molar-refractivity contribution >= 4 is 11.6 Å². The molecule has 0 bridgehead atoms. The Hall–Kier alpha value is -2.67. The number of carbonyl (C=O) groups excluding carboxylic acids is 1. The lowest BCUT2D eigenvalue weighted by atomic mass is 10.2.